The predicted molar refractivity (Wildman–Crippen MR) is 501 cm³/mol. The highest BCUT2D eigenvalue weighted by Crippen LogP contribution is 2.45. The fourth-order valence-electron chi connectivity index (χ4n) is 19.4. The molecule has 30 N–H and O–H groups in total. The molecule has 0 bridgehead atoms. The number of carbonyl (C=O) groups excluding carboxylic acids is 5. The molecule has 0 aromatic rings. The average Bonchev–Trinajstić information content (AvgIpc) is 0.751. The maximum Gasteiger partial charge on any atom is 0.364 e. The first-order chi connectivity index (χ1) is 69.8. The highest BCUT2D eigenvalue weighted by atomic mass is 16.8. The van der Waals surface area contributed by atoms with Crippen LogP contribution in [0.3, 0.4) is 0 Å². The highest BCUT2D eigenvalue weighted by molar-refractivity contribution is 5.79. The first kappa shape index (κ1) is 128. The second kappa shape index (κ2) is 63.2. The summed E-state index contributed by atoms with van der Waals surface area (Å²) in [5.41, 5.74) is 0. The Kier molecular flexibility index (Phi) is 55.0. The van der Waals surface area contributed by atoms with E-state index < -0.39 is 363 Å². The van der Waals surface area contributed by atoms with Gasteiger partial charge >= 0.3 is 17.9 Å². The zero-order valence-electron chi connectivity index (χ0n) is 84.3. The third kappa shape index (κ3) is 36.3. The van der Waals surface area contributed by atoms with E-state index in [0.717, 1.165) is 111 Å². The molecule has 7 heterocycles. The minimum atomic E-state index is -3.67. The van der Waals surface area contributed by atoms with E-state index in [1.165, 1.54) is 83.1 Å². The lowest BCUT2D eigenvalue weighted by molar-refractivity contribution is -0.406. The molecule has 7 aliphatic rings. The predicted octanol–water partition coefficient (Wildman–Crippen LogP) is -6.69. The van der Waals surface area contributed by atoms with Crippen molar-refractivity contribution in [3.05, 3.63) is 12.2 Å². The van der Waals surface area contributed by atoms with Crippen LogP contribution in [0, 0.1) is 0 Å². The Morgan fingerprint density at radius 1 is 0.367 bits per heavy atom. The normalized spacial score (nSPS) is 35.5. The number of allylic oxidation sites excluding steroid dienone is 1. The summed E-state index contributed by atoms with van der Waals surface area (Å²) < 4.78 is 85.3. The van der Waals surface area contributed by atoms with E-state index in [1.807, 2.05) is 0 Å². The Hall–Kier alpha value is -5.94. The van der Waals surface area contributed by atoms with E-state index in [4.69, 9.17) is 66.3 Å². The van der Waals surface area contributed by atoms with Crippen LogP contribution in [0.2, 0.25) is 0 Å². The number of carbonyl (C=O) groups is 8. The van der Waals surface area contributed by atoms with E-state index >= 15 is 0 Å². The summed E-state index contributed by atoms with van der Waals surface area (Å²) in [7, 11) is 0. The first-order valence-electron chi connectivity index (χ1n) is 51.4. The molecule has 0 aromatic heterocycles. The molecule has 0 aromatic carbocycles. The molecule has 5 amide bonds. The van der Waals surface area contributed by atoms with Gasteiger partial charge in [-0.25, -0.2) is 14.4 Å². The van der Waals surface area contributed by atoms with Crippen LogP contribution in [0.15, 0.2) is 12.2 Å². The van der Waals surface area contributed by atoms with Gasteiger partial charge in [-0.3, -0.25) is 24.0 Å². The zero-order valence-corrected chi connectivity index (χ0v) is 84.3. The lowest BCUT2D eigenvalue weighted by Gasteiger charge is -2.53. The fraction of sp³-hybridized carbons (Fsp3) is 0.895. The summed E-state index contributed by atoms with van der Waals surface area (Å²) in [5.74, 6) is -22.0. The van der Waals surface area contributed by atoms with Crippen LogP contribution < -0.4 is 26.6 Å². The van der Waals surface area contributed by atoms with Gasteiger partial charge in [0.2, 0.25) is 29.5 Å². The second-order valence-corrected chi connectivity index (χ2v) is 39.3. The molecule has 7 aliphatic heterocycles. The van der Waals surface area contributed by atoms with Gasteiger partial charge in [-0.15, -0.1) is 0 Å². The van der Waals surface area contributed by atoms with Crippen LogP contribution in [0.4, 0.5) is 0 Å². The zero-order chi connectivity index (χ0) is 109. The van der Waals surface area contributed by atoms with Crippen LogP contribution in [-0.2, 0) is 105 Å². The first-order valence-corrected chi connectivity index (χ1v) is 51.4. The van der Waals surface area contributed by atoms with Crippen molar-refractivity contribution in [1.82, 2.24) is 26.6 Å². The average molecular weight is 2130 g/mol. The number of aliphatic hydroxyl groups is 22. The molecule has 0 radical (unpaired) electrons. The van der Waals surface area contributed by atoms with Crippen molar-refractivity contribution < 1.29 is 232 Å². The Bertz CT molecular complexity index is 3920. The number of carboxylic acids is 3. The number of unbranched alkanes of at least 4 members (excludes halogenated alkanes) is 25. The fourth-order valence-corrected chi connectivity index (χ4v) is 19.4. The molecule has 7 saturated heterocycles. The molecule has 40 atom stereocenters. The molecular formula is C95H165N5O47. The second-order valence-electron chi connectivity index (χ2n) is 39.3. The smallest absolute Gasteiger partial charge is 0.364 e. The van der Waals surface area contributed by atoms with Crippen molar-refractivity contribution in [3.8, 4) is 0 Å². The van der Waals surface area contributed by atoms with Crippen LogP contribution in [0.5, 0.6) is 0 Å². The molecule has 0 spiro atoms. The van der Waals surface area contributed by atoms with Gasteiger partial charge in [0.25, 0.3) is 17.4 Å². The van der Waals surface area contributed by atoms with Gasteiger partial charge in [-0.2, -0.15) is 0 Å². The Balaban J connectivity index is 1.29. The molecule has 7 fully saturated rings. The number of amides is 5. The third-order valence-electron chi connectivity index (χ3n) is 27.6. The Morgan fingerprint density at radius 2 is 0.707 bits per heavy atom. The van der Waals surface area contributed by atoms with Crippen LogP contribution >= 0.6 is 0 Å². The summed E-state index contributed by atoms with van der Waals surface area (Å²) >= 11 is 0. The topological polar surface area (TPSA) is 832 Å². The number of carboxylic acid groups (broad SMARTS) is 3. The minimum Gasteiger partial charge on any atom is -0.477 e. The summed E-state index contributed by atoms with van der Waals surface area (Å²) in [6.07, 6.45) is -49.0. The van der Waals surface area contributed by atoms with Crippen LogP contribution in [0.1, 0.15) is 241 Å². The van der Waals surface area contributed by atoms with E-state index in [2.05, 4.69) is 40.4 Å². The van der Waals surface area contributed by atoms with Crippen LogP contribution in [-0.4, -0.2) is 472 Å². The summed E-state index contributed by atoms with van der Waals surface area (Å²) in [6, 6.07) is -9.38. The molecule has 52 nitrogen and oxygen atoms in total. The maximum absolute atomic E-state index is 14.4. The lowest BCUT2D eigenvalue weighted by atomic mass is 9.88. The number of ether oxygens (including phenoxy) is 14. The maximum atomic E-state index is 14.4. The summed E-state index contributed by atoms with van der Waals surface area (Å²) in [6.45, 7) is -2.36. The molecule has 852 valence electrons. The molecular weight excluding hydrogens is 1960 g/mol. The minimum absolute atomic E-state index is 0.0461. The summed E-state index contributed by atoms with van der Waals surface area (Å²) in [4.78, 5) is 108. The van der Waals surface area contributed by atoms with Gasteiger partial charge in [-0.05, 0) is 19.3 Å². The van der Waals surface area contributed by atoms with E-state index in [-0.39, 0.29) is 6.42 Å². The Morgan fingerprint density at radius 3 is 1.12 bits per heavy atom. The quantitative estimate of drug-likeness (QED) is 0.0199. The number of aliphatic hydroxyl groups excluding tert-OH is 22. The van der Waals surface area contributed by atoms with Crippen molar-refractivity contribution in [2.45, 2.75) is 484 Å². The lowest BCUT2D eigenvalue weighted by Crippen LogP contribution is -2.73. The Labute approximate surface area is 852 Å². The SMILES string of the molecule is CCCCCCCCCCCCC/C=C/[C@@H](O)[C@H](CO[C@@H]1OC(CO)[C@@H](O[C@@H]2OC(CO)[C@H](O[C@@H]3OC(CO[C@]4(C(=O)O)CC(O)[C@@H](NC(C)=O)C([C@H](O)[C@H](O)CO)O4)[C@H](O)[C@H](O[C@@H]4OC(CO)[C@H](O)[C@H](O[C@]5(C(=O)O)CC(O)[C@@H](NC(C)=O)C([C@H](O)[C@H](O)CO)O5)C4O)C3NC(C)=O)[C@H](O[C@]3(C(=O)O)CC(O)[C@@H](NC(C)=O)C([C@H](O)[C@H](O)CO)O3)C2O)[C@H](O)C1O)NC(=O)CCCCCCCCCCCCCCCCC. The molecule has 0 aliphatic carbocycles. The van der Waals surface area contributed by atoms with Crippen molar-refractivity contribution in [3.63, 3.8) is 0 Å². The van der Waals surface area contributed by atoms with E-state index in [1.54, 1.807) is 6.08 Å². The molecule has 52 heteroatoms. The molecule has 7 rings (SSSR count). The van der Waals surface area contributed by atoms with Crippen molar-refractivity contribution in [1.29, 1.82) is 0 Å². The van der Waals surface area contributed by atoms with Gasteiger partial charge < -0.3 is 221 Å². The largest absolute Gasteiger partial charge is 0.477 e. The molecule has 0 saturated carbocycles. The van der Waals surface area contributed by atoms with Gasteiger partial charge in [-0.1, -0.05) is 180 Å². The van der Waals surface area contributed by atoms with Crippen molar-refractivity contribution >= 4 is 47.4 Å². The third-order valence-corrected chi connectivity index (χ3v) is 27.6. The number of hydrogen-bond donors (Lipinski definition) is 30. The number of aliphatic carboxylic acids is 3. The van der Waals surface area contributed by atoms with Crippen LogP contribution in [0.25, 0.3) is 0 Å². The highest BCUT2D eigenvalue weighted by Gasteiger charge is 2.66. The van der Waals surface area contributed by atoms with Crippen molar-refractivity contribution in [2.24, 2.45) is 0 Å². The molecule has 14 unspecified atom stereocenters. The monoisotopic (exact) mass is 2130 g/mol. The van der Waals surface area contributed by atoms with Crippen molar-refractivity contribution in [2.75, 3.05) is 52.9 Å². The van der Waals surface area contributed by atoms with E-state index in [9.17, 15) is 166 Å². The van der Waals surface area contributed by atoms with Gasteiger partial charge in [0.05, 0.1) is 101 Å². The number of nitrogens with one attached hydrogen (secondary N) is 5. The van der Waals surface area contributed by atoms with Gasteiger partial charge in [0, 0.05) is 53.4 Å². The van der Waals surface area contributed by atoms with E-state index in [0.29, 0.717) is 12.8 Å². The van der Waals surface area contributed by atoms with Gasteiger partial charge in [0.15, 0.2) is 25.2 Å². The molecule has 147 heavy (non-hydrogen) atoms. The standard InChI is InChI=1S/C95H165N5O47/c1-7-9-11-13-15-17-19-21-22-24-26-28-30-32-34-36-64(118)100-52(53(111)35-33-31-29-27-25-23-20-18-16-14-12-10-8-2)46-134-87-75(125)74(124)78(61(44-105)137-87)140-89-77(127)85(147-95(92(132)133)39-56(114)67(98-50(5)109)83(145-95)71(121)59(117)42-103)79(62(45-106)138-89)141-86-68(99-51(6)110)80(73(123)63(139-86)47-135-93(90(128)129)37-54(112)65(96-48(3)107)81(143-93)69(119)57(115)40-101)142-88-76(126)84(72(122)60(43-104)136-88)146-94(91(130)131)38-55(113)66(97-49(4)108)82(144-94)70(120)58(116)41-102/h33,35,52-63,65-89,101-106,111-117,119-127H,7-32,34,36-47H2,1-6H3,(H,96,107)(H,97,108)(H,98,109)(H,99,110)(H,100,118)(H,128,129)(H,130,131)(H,132,133)/b35-33+/t52-,53+,54?,55?,56?,57+,58+,59+,60?,61?,62?,63?,65+,66+,67+,68?,69+,70+,71+,72-,73-,74+,75?,76?,77?,78+,79-,80+,81?,82?,83?,84-,85+,86-,87+,88-,89-,93+,94-,95-/m0/s1. The van der Waals surface area contributed by atoms with Gasteiger partial charge in [0.1, 0.15) is 153 Å². The summed E-state index contributed by atoms with van der Waals surface area (Å²) in [5, 5.41) is 298. The number of hydrogen-bond acceptors (Lipinski definition) is 44. The number of rotatable bonds is 66.